The minimum absolute atomic E-state index is 0.149. The number of carbonyl (C=O) groups is 2. The number of aliphatic carboxylic acids is 1. The highest BCUT2D eigenvalue weighted by Gasteiger charge is 2.19. The number of ether oxygens (including phenoxy) is 1. The van der Waals surface area contributed by atoms with Gasteiger partial charge in [-0.3, -0.25) is 4.79 Å². The van der Waals surface area contributed by atoms with Crippen molar-refractivity contribution in [3.63, 3.8) is 0 Å². The lowest BCUT2D eigenvalue weighted by molar-refractivity contribution is -0.143. The zero-order valence-corrected chi connectivity index (χ0v) is 11.0. The van der Waals surface area contributed by atoms with Crippen molar-refractivity contribution in [1.82, 2.24) is 5.32 Å². The smallest absolute Gasteiger partial charge is 0.327 e. The number of esters is 1. The van der Waals surface area contributed by atoms with Crippen LogP contribution in [0.4, 0.5) is 0 Å². The van der Waals surface area contributed by atoms with Crippen LogP contribution >= 0.6 is 0 Å². The van der Waals surface area contributed by atoms with Crippen molar-refractivity contribution in [1.29, 1.82) is 0 Å². The number of carboxylic acids is 1. The third kappa shape index (κ3) is 5.52. The van der Waals surface area contributed by atoms with Crippen molar-refractivity contribution in [2.75, 3.05) is 13.7 Å². The second-order valence-corrected chi connectivity index (χ2v) is 4.17. The molecule has 1 rings (SSSR count). The van der Waals surface area contributed by atoms with Gasteiger partial charge in [-0.1, -0.05) is 30.3 Å². The third-order valence-corrected chi connectivity index (χ3v) is 2.74. The Hall–Kier alpha value is -1.88. The maximum Gasteiger partial charge on any atom is 0.327 e. The van der Waals surface area contributed by atoms with Gasteiger partial charge in [0.05, 0.1) is 7.11 Å². The number of nitrogens with one attached hydrogen (secondary N) is 1. The van der Waals surface area contributed by atoms with Crippen molar-refractivity contribution in [2.24, 2.45) is 0 Å². The van der Waals surface area contributed by atoms with Gasteiger partial charge in [0, 0.05) is 6.42 Å². The van der Waals surface area contributed by atoms with E-state index in [2.05, 4.69) is 5.32 Å². The van der Waals surface area contributed by atoms with Gasteiger partial charge in [0.15, 0.2) is 0 Å². The first kappa shape index (κ1) is 15.2. The monoisotopic (exact) mass is 265 g/mol. The SMILES string of the molecule is COC(=O)C(NCCCCC(=O)O)c1ccccc1. The van der Waals surface area contributed by atoms with Crippen molar-refractivity contribution in [2.45, 2.75) is 25.3 Å². The Morgan fingerprint density at radius 3 is 2.53 bits per heavy atom. The normalized spacial score (nSPS) is 11.8. The van der Waals surface area contributed by atoms with E-state index in [-0.39, 0.29) is 12.4 Å². The molecule has 1 atom stereocenters. The van der Waals surface area contributed by atoms with Gasteiger partial charge in [-0.05, 0) is 24.9 Å². The molecule has 0 heterocycles. The minimum atomic E-state index is -0.799. The summed E-state index contributed by atoms with van der Waals surface area (Å²) in [5.41, 5.74) is 0.840. The van der Waals surface area contributed by atoms with Crippen LogP contribution in [0, 0.1) is 0 Å². The number of carbonyl (C=O) groups excluding carboxylic acids is 1. The highest BCUT2D eigenvalue weighted by molar-refractivity contribution is 5.77. The van der Waals surface area contributed by atoms with Crippen LogP contribution in [0.3, 0.4) is 0 Å². The molecule has 0 bridgehead atoms. The van der Waals surface area contributed by atoms with E-state index in [4.69, 9.17) is 9.84 Å². The number of methoxy groups -OCH3 is 1. The van der Waals surface area contributed by atoms with Crippen LogP contribution in [0.5, 0.6) is 0 Å². The Labute approximate surface area is 112 Å². The lowest BCUT2D eigenvalue weighted by Crippen LogP contribution is -2.30. The molecule has 2 N–H and O–H groups in total. The number of benzene rings is 1. The first-order valence-corrected chi connectivity index (χ1v) is 6.23. The average molecular weight is 265 g/mol. The van der Waals surface area contributed by atoms with Crippen LogP contribution in [0.15, 0.2) is 30.3 Å². The summed E-state index contributed by atoms with van der Waals surface area (Å²) < 4.78 is 4.77. The van der Waals surface area contributed by atoms with Crippen LogP contribution < -0.4 is 5.32 Å². The maximum absolute atomic E-state index is 11.7. The molecular formula is C14H19NO4. The van der Waals surface area contributed by atoms with E-state index in [1.807, 2.05) is 30.3 Å². The summed E-state index contributed by atoms with van der Waals surface area (Å²) in [7, 11) is 1.35. The van der Waals surface area contributed by atoms with E-state index in [0.29, 0.717) is 19.4 Å². The summed E-state index contributed by atoms with van der Waals surface area (Å²) in [5.74, 6) is -1.14. The van der Waals surface area contributed by atoms with Gasteiger partial charge in [0.25, 0.3) is 0 Å². The molecule has 5 nitrogen and oxygen atoms in total. The third-order valence-electron chi connectivity index (χ3n) is 2.74. The fraction of sp³-hybridized carbons (Fsp3) is 0.429. The molecule has 0 saturated carbocycles. The largest absolute Gasteiger partial charge is 0.481 e. The molecule has 0 aliphatic heterocycles. The summed E-state index contributed by atoms with van der Waals surface area (Å²) in [5, 5.41) is 11.6. The molecule has 0 aliphatic rings. The summed E-state index contributed by atoms with van der Waals surface area (Å²) in [6.07, 6.45) is 1.44. The molecule has 0 aliphatic carbocycles. The minimum Gasteiger partial charge on any atom is -0.481 e. The first-order chi connectivity index (χ1) is 9.15. The molecule has 1 aromatic rings. The quantitative estimate of drug-likeness (QED) is 0.553. The van der Waals surface area contributed by atoms with Crippen LogP contribution in [0.1, 0.15) is 30.9 Å². The highest BCUT2D eigenvalue weighted by atomic mass is 16.5. The molecule has 104 valence electrons. The predicted molar refractivity (Wildman–Crippen MR) is 70.7 cm³/mol. The van der Waals surface area contributed by atoms with Crippen molar-refractivity contribution in [3.8, 4) is 0 Å². The van der Waals surface area contributed by atoms with Crippen LogP contribution in [-0.2, 0) is 14.3 Å². The topological polar surface area (TPSA) is 75.6 Å². The van der Waals surface area contributed by atoms with E-state index < -0.39 is 12.0 Å². The second kappa shape index (κ2) is 8.26. The fourth-order valence-electron chi connectivity index (χ4n) is 1.75. The van der Waals surface area contributed by atoms with Gasteiger partial charge in [0.2, 0.25) is 0 Å². The summed E-state index contributed by atoms with van der Waals surface area (Å²) in [4.78, 5) is 22.1. The lowest BCUT2D eigenvalue weighted by atomic mass is 10.1. The molecule has 0 saturated heterocycles. The molecule has 19 heavy (non-hydrogen) atoms. The summed E-state index contributed by atoms with van der Waals surface area (Å²) in [6.45, 7) is 0.571. The van der Waals surface area contributed by atoms with Crippen LogP contribution in [0.25, 0.3) is 0 Å². The Morgan fingerprint density at radius 1 is 1.26 bits per heavy atom. The first-order valence-electron chi connectivity index (χ1n) is 6.23. The van der Waals surface area contributed by atoms with Crippen molar-refractivity contribution in [3.05, 3.63) is 35.9 Å². The van der Waals surface area contributed by atoms with E-state index in [1.54, 1.807) is 0 Å². The number of hydrogen-bond donors (Lipinski definition) is 2. The number of hydrogen-bond acceptors (Lipinski definition) is 4. The molecule has 5 heteroatoms. The van der Waals surface area contributed by atoms with Gasteiger partial charge in [-0.15, -0.1) is 0 Å². The van der Waals surface area contributed by atoms with E-state index in [9.17, 15) is 9.59 Å². The number of carboxylic acid groups (broad SMARTS) is 1. The van der Waals surface area contributed by atoms with E-state index in [0.717, 1.165) is 5.56 Å². The second-order valence-electron chi connectivity index (χ2n) is 4.17. The van der Waals surface area contributed by atoms with Crippen LogP contribution in [-0.4, -0.2) is 30.7 Å². The van der Waals surface area contributed by atoms with Gasteiger partial charge in [-0.25, -0.2) is 4.79 Å². The molecule has 0 spiro atoms. The standard InChI is InChI=1S/C14H19NO4/c1-19-14(18)13(11-7-3-2-4-8-11)15-10-6-5-9-12(16)17/h2-4,7-8,13,15H,5-6,9-10H2,1H3,(H,16,17). The number of unbranched alkanes of at least 4 members (excludes halogenated alkanes) is 1. The summed E-state index contributed by atoms with van der Waals surface area (Å²) >= 11 is 0. The Balaban J connectivity index is 2.48. The Bertz CT molecular complexity index is 405. The Morgan fingerprint density at radius 2 is 1.95 bits per heavy atom. The lowest BCUT2D eigenvalue weighted by Gasteiger charge is -2.16. The maximum atomic E-state index is 11.7. The number of rotatable bonds is 8. The van der Waals surface area contributed by atoms with Crippen LogP contribution in [0.2, 0.25) is 0 Å². The Kier molecular flexibility index (Phi) is 6.60. The molecule has 1 unspecified atom stereocenters. The van der Waals surface area contributed by atoms with Crippen molar-refractivity contribution < 1.29 is 19.4 Å². The summed E-state index contributed by atoms with van der Waals surface area (Å²) in [6, 6.07) is 8.80. The molecule has 0 amide bonds. The van der Waals surface area contributed by atoms with Gasteiger partial charge < -0.3 is 15.2 Å². The predicted octanol–water partition coefficient (Wildman–Crippen LogP) is 1.75. The van der Waals surface area contributed by atoms with Gasteiger partial charge in [0.1, 0.15) is 6.04 Å². The molecule has 1 aromatic carbocycles. The molecular weight excluding hydrogens is 246 g/mol. The van der Waals surface area contributed by atoms with Crippen molar-refractivity contribution >= 4 is 11.9 Å². The fourth-order valence-corrected chi connectivity index (χ4v) is 1.75. The highest BCUT2D eigenvalue weighted by Crippen LogP contribution is 2.14. The molecule has 0 radical (unpaired) electrons. The molecule has 0 fully saturated rings. The average Bonchev–Trinajstić information content (AvgIpc) is 2.42. The zero-order chi connectivity index (χ0) is 14.1. The zero-order valence-electron chi connectivity index (χ0n) is 11.0. The van der Waals surface area contributed by atoms with Gasteiger partial charge >= 0.3 is 11.9 Å². The van der Waals surface area contributed by atoms with E-state index in [1.165, 1.54) is 7.11 Å². The molecule has 0 aromatic heterocycles. The van der Waals surface area contributed by atoms with Gasteiger partial charge in [-0.2, -0.15) is 0 Å². The van der Waals surface area contributed by atoms with E-state index >= 15 is 0 Å².